The van der Waals surface area contributed by atoms with Crippen molar-refractivity contribution in [3.05, 3.63) is 34.9 Å². The van der Waals surface area contributed by atoms with Gasteiger partial charge in [0.05, 0.1) is 0 Å². The number of piperidine rings is 1. The average Bonchev–Trinajstić information content (AvgIpc) is 2.24. The third kappa shape index (κ3) is 3.97. The van der Waals surface area contributed by atoms with Gasteiger partial charge in [0.25, 0.3) is 5.91 Å². The molecule has 3 nitrogen and oxygen atoms in total. The number of benzene rings is 1. The lowest BCUT2D eigenvalue weighted by Crippen LogP contribution is -2.62. The quantitative estimate of drug-likeness (QED) is 0.878. The first-order chi connectivity index (χ1) is 9.17. The predicted octanol–water partition coefficient (Wildman–Crippen LogP) is 3.38. The van der Waals surface area contributed by atoms with Gasteiger partial charge in [0.2, 0.25) is 0 Å². The van der Waals surface area contributed by atoms with E-state index in [2.05, 4.69) is 38.3 Å². The summed E-state index contributed by atoms with van der Waals surface area (Å²) in [5.74, 6) is -0.0500. The first-order valence-electron chi connectivity index (χ1n) is 7.03. The summed E-state index contributed by atoms with van der Waals surface area (Å²) in [5.41, 5.74) is 0.661. The van der Waals surface area contributed by atoms with Crippen molar-refractivity contribution in [2.24, 2.45) is 0 Å². The van der Waals surface area contributed by atoms with Crippen molar-refractivity contribution >= 4 is 17.5 Å². The van der Waals surface area contributed by atoms with E-state index < -0.39 is 0 Å². The fourth-order valence-corrected chi connectivity index (χ4v) is 3.51. The van der Waals surface area contributed by atoms with Crippen molar-refractivity contribution < 1.29 is 4.79 Å². The number of amides is 1. The molecule has 1 saturated heterocycles. The largest absolute Gasteiger partial charge is 0.349 e. The van der Waals surface area contributed by atoms with Crippen molar-refractivity contribution in [1.29, 1.82) is 0 Å². The molecule has 2 N–H and O–H groups in total. The van der Waals surface area contributed by atoms with Crippen LogP contribution in [0.25, 0.3) is 0 Å². The molecule has 0 atom stereocenters. The van der Waals surface area contributed by atoms with E-state index in [-0.39, 0.29) is 23.0 Å². The van der Waals surface area contributed by atoms with Gasteiger partial charge in [0, 0.05) is 27.7 Å². The van der Waals surface area contributed by atoms with Crippen molar-refractivity contribution in [2.75, 3.05) is 0 Å². The summed E-state index contributed by atoms with van der Waals surface area (Å²) in [6.45, 7) is 8.69. The van der Waals surface area contributed by atoms with E-state index in [1.807, 2.05) is 0 Å². The first-order valence-corrected chi connectivity index (χ1v) is 7.40. The molecule has 0 saturated carbocycles. The molecule has 0 spiro atoms. The minimum absolute atomic E-state index is 0.0219. The summed E-state index contributed by atoms with van der Waals surface area (Å²) in [4.78, 5) is 12.3. The van der Waals surface area contributed by atoms with Crippen molar-refractivity contribution in [2.45, 2.75) is 57.7 Å². The number of halogens is 1. The van der Waals surface area contributed by atoms with E-state index in [1.54, 1.807) is 24.3 Å². The maximum absolute atomic E-state index is 12.3. The summed E-state index contributed by atoms with van der Waals surface area (Å²) in [6, 6.07) is 7.24. The van der Waals surface area contributed by atoms with E-state index in [0.29, 0.717) is 10.6 Å². The second-order valence-electron chi connectivity index (χ2n) is 6.98. The Hall–Kier alpha value is -1.06. The highest BCUT2D eigenvalue weighted by Crippen LogP contribution is 2.28. The van der Waals surface area contributed by atoms with Gasteiger partial charge in [-0.1, -0.05) is 17.7 Å². The van der Waals surface area contributed by atoms with Gasteiger partial charge in [0.15, 0.2) is 0 Å². The highest BCUT2D eigenvalue weighted by molar-refractivity contribution is 6.30. The average molecular weight is 295 g/mol. The Morgan fingerprint density at radius 3 is 2.40 bits per heavy atom. The molecule has 0 aliphatic carbocycles. The van der Waals surface area contributed by atoms with Crippen LogP contribution in [0.5, 0.6) is 0 Å². The lowest BCUT2D eigenvalue weighted by molar-refractivity contribution is 0.0873. The molecule has 4 heteroatoms. The third-order valence-corrected chi connectivity index (χ3v) is 3.85. The van der Waals surface area contributed by atoms with Crippen molar-refractivity contribution in [3.8, 4) is 0 Å². The molecule has 0 unspecified atom stereocenters. The van der Waals surface area contributed by atoms with Crippen LogP contribution in [-0.4, -0.2) is 23.0 Å². The summed E-state index contributed by atoms with van der Waals surface area (Å²) >= 11 is 5.93. The molecule has 1 fully saturated rings. The van der Waals surface area contributed by atoms with Crippen LogP contribution in [0.2, 0.25) is 5.02 Å². The normalized spacial score (nSPS) is 21.4. The molecular weight excluding hydrogens is 272 g/mol. The number of carbonyl (C=O) groups is 1. The fourth-order valence-electron chi connectivity index (χ4n) is 3.32. The van der Waals surface area contributed by atoms with Crippen LogP contribution in [0.4, 0.5) is 0 Å². The predicted molar refractivity (Wildman–Crippen MR) is 83.2 cm³/mol. The Morgan fingerprint density at radius 2 is 1.85 bits per heavy atom. The van der Waals surface area contributed by atoms with Crippen LogP contribution in [0.15, 0.2) is 24.3 Å². The molecule has 0 aromatic heterocycles. The molecule has 0 radical (unpaired) electrons. The van der Waals surface area contributed by atoms with Crippen molar-refractivity contribution in [3.63, 3.8) is 0 Å². The standard InChI is InChI=1S/C16H23ClN2O/c1-15(2)9-13(10-16(3,4)19-15)18-14(20)11-6-5-7-12(17)8-11/h5-8,13,19H,9-10H2,1-4H3,(H,18,20). The van der Waals surface area contributed by atoms with Crippen LogP contribution in [0.3, 0.4) is 0 Å². The summed E-state index contributed by atoms with van der Waals surface area (Å²) < 4.78 is 0. The third-order valence-electron chi connectivity index (χ3n) is 3.61. The van der Waals surface area contributed by atoms with E-state index in [9.17, 15) is 4.79 Å². The highest BCUT2D eigenvalue weighted by atomic mass is 35.5. The Balaban J connectivity index is 2.08. The van der Waals surface area contributed by atoms with Crippen LogP contribution in [0.1, 0.15) is 50.9 Å². The number of hydrogen-bond donors (Lipinski definition) is 2. The molecule has 1 amide bonds. The smallest absolute Gasteiger partial charge is 0.251 e. The molecule has 110 valence electrons. The van der Waals surface area contributed by atoms with Gasteiger partial charge in [0.1, 0.15) is 0 Å². The molecular formula is C16H23ClN2O. The van der Waals surface area contributed by atoms with Crippen LogP contribution in [0, 0.1) is 0 Å². The van der Waals surface area contributed by atoms with Gasteiger partial charge >= 0.3 is 0 Å². The summed E-state index contributed by atoms with van der Waals surface area (Å²) in [6.07, 6.45) is 1.84. The van der Waals surface area contributed by atoms with Gasteiger partial charge in [-0.15, -0.1) is 0 Å². The summed E-state index contributed by atoms with van der Waals surface area (Å²) in [7, 11) is 0. The van der Waals surface area contributed by atoms with Gasteiger partial charge in [-0.2, -0.15) is 0 Å². The van der Waals surface area contributed by atoms with Crippen LogP contribution < -0.4 is 10.6 Å². The Morgan fingerprint density at radius 1 is 1.25 bits per heavy atom. The minimum Gasteiger partial charge on any atom is -0.349 e. The molecule has 1 aliphatic rings. The monoisotopic (exact) mass is 294 g/mol. The maximum atomic E-state index is 12.3. The molecule has 0 bridgehead atoms. The highest BCUT2D eigenvalue weighted by Gasteiger charge is 2.38. The SMILES string of the molecule is CC1(C)CC(NC(=O)c2cccc(Cl)c2)CC(C)(C)N1. The Labute approximate surface area is 126 Å². The zero-order chi connectivity index (χ0) is 15.0. The topological polar surface area (TPSA) is 41.1 Å². The van der Waals surface area contributed by atoms with Crippen molar-refractivity contribution in [1.82, 2.24) is 10.6 Å². The van der Waals surface area contributed by atoms with E-state index in [4.69, 9.17) is 11.6 Å². The first kappa shape index (κ1) is 15.3. The Bertz CT molecular complexity index is 495. The van der Waals surface area contributed by atoms with E-state index >= 15 is 0 Å². The van der Waals surface area contributed by atoms with Gasteiger partial charge < -0.3 is 10.6 Å². The number of carbonyl (C=O) groups excluding carboxylic acids is 1. The number of rotatable bonds is 2. The number of nitrogens with one attached hydrogen (secondary N) is 2. The molecule has 1 aromatic carbocycles. The second-order valence-corrected chi connectivity index (χ2v) is 7.42. The van der Waals surface area contributed by atoms with E-state index in [1.165, 1.54) is 0 Å². The second kappa shape index (κ2) is 5.38. The van der Waals surface area contributed by atoms with Crippen LogP contribution >= 0.6 is 11.6 Å². The molecule has 2 rings (SSSR count). The minimum atomic E-state index is -0.0500. The van der Waals surface area contributed by atoms with Gasteiger partial charge in [-0.05, 0) is 58.7 Å². The maximum Gasteiger partial charge on any atom is 0.251 e. The summed E-state index contributed by atoms with van der Waals surface area (Å²) in [5, 5.41) is 7.33. The zero-order valence-corrected chi connectivity index (χ0v) is 13.3. The van der Waals surface area contributed by atoms with E-state index in [0.717, 1.165) is 12.8 Å². The molecule has 1 aromatic rings. The number of hydrogen-bond acceptors (Lipinski definition) is 2. The molecule has 1 heterocycles. The molecule has 20 heavy (non-hydrogen) atoms. The fraction of sp³-hybridized carbons (Fsp3) is 0.562. The lowest BCUT2D eigenvalue weighted by atomic mass is 9.79. The van der Waals surface area contributed by atoms with Gasteiger partial charge in [-0.3, -0.25) is 4.79 Å². The Kier molecular flexibility index (Phi) is 4.12. The van der Waals surface area contributed by atoms with Crippen LogP contribution in [-0.2, 0) is 0 Å². The molecule has 1 aliphatic heterocycles. The zero-order valence-electron chi connectivity index (χ0n) is 12.6. The lowest BCUT2D eigenvalue weighted by Gasteiger charge is -2.46. The van der Waals surface area contributed by atoms with Gasteiger partial charge in [-0.25, -0.2) is 0 Å².